The zero-order valence-electron chi connectivity index (χ0n) is 18.9. The number of anilines is 1. The zero-order valence-corrected chi connectivity index (χ0v) is 18.9. The summed E-state index contributed by atoms with van der Waals surface area (Å²) in [6.45, 7) is 4.41. The molecule has 0 saturated heterocycles. The molecular weight excluding hydrogens is 437 g/mol. The second kappa shape index (κ2) is 8.86. The molecule has 2 aromatic carbocycles. The van der Waals surface area contributed by atoms with Gasteiger partial charge >= 0.3 is 0 Å². The number of para-hydroxylation sites is 1. The Labute approximate surface area is 189 Å². The summed E-state index contributed by atoms with van der Waals surface area (Å²) in [5.74, 6) is -4.94. The van der Waals surface area contributed by atoms with Crippen LogP contribution in [0, 0.1) is 12.7 Å². The second-order valence-electron chi connectivity index (χ2n) is 8.40. The Morgan fingerprint density at radius 1 is 1.21 bits per heavy atom. The lowest BCUT2D eigenvalue weighted by atomic mass is 10.1. The molecule has 3 aromatic rings. The minimum atomic E-state index is -3.18. The van der Waals surface area contributed by atoms with Crippen LogP contribution < -0.4 is 10.1 Å². The third kappa shape index (κ3) is 5.70. The third-order valence-corrected chi connectivity index (χ3v) is 4.74. The van der Waals surface area contributed by atoms with E-state index >= 15 is 4.39 Å². The number of nitrogens with one attached hydrogen (secondary N) is 1. The highest BCUT2D eigenvalue weighted by molar-refractivity contribution is 6.07. The fourth-order valence-corrected chi connectivity index (χ4v) is 3.16. The molecule has 0 aliphatic rings. The molecule has 0 atom stereocenters. The lowest BCUT2D eigenvalue weighted by Crippen LogP contribution is -2.23. The standard InChI is InChI=1S/C23H25F3N4O3/c1-13-8-6-7-9-17(13)27-20(31)15-10-16(24)14(11-18(15)33-12-23(4,25)26)19-28-21(22(2,3)32)30(5)29-19/h6-11,32H,12H2,1-5H3,(H,27,31). The van der Waals surface area contributed by atoms with Crippen molar-refractivity contribution < 1.29 is 27.8 Å². The molecule has 1 heterocycles. The predicted octanol–water partition coefficient (Wildman–Crippen LogP) is 4.44. The molecule has 0 fully saturated rings. The molecule has 2 N–H and O–H groups in total. The van der Waals surface area contributed by atoms with Crippen LogP contribution in [0.4, 0.5) is 18.9 Å². The normalized spacial score (nSPS) is 12.0. The van der Waals surface area contributed by atoms with E-state index < -0.39 is 29.9 Å². The van der Waals surface area contributed by atoms with Gasteiger partial charge in [-0.25, -0.2) is 22.8 Å². The number of carbonyl (C=O) groups is 1. The maximum atomic E-state index is 15.1. The molecule has 0 aliphatic carbocycles. The Balaban J connectivity index is 2.06. The number of hydrogen-bond donors (Lipinski definition) is 2. The predicted molar refractivity (Wildman–Crippen MR) is 117 cm³/mol. The summed E-state index contributed by atoms with van der Waals surface area (Å²) in [5.41, 5.74) is -0.527. The van der Waals surface area contributed by atoms with Gasteiger partial charge in [0.15, 0.2) is 18.3 Å². The molecule has 33 heavy (non-hydrogen) atoms. The van der Waals surface area contributed by atoms with Gasteiger partial charge in [-0.15, -0.1) is 0 Å². The monoisotopic (exact) mass is 462 g/mol. The molecule has 0 unspecified atom stereocenters. The van der Waals surface area contributed by atoms with E-state index in [0.29, 0.717) is 12.6 Å². The van der Waals surface area contributed by atoms with E-state index in [1.165, 1.54) is 25.6 Å². The number of ether oxygens (including phenoxy) is 1. The zero-order chi connectivity index (χ0) is 24.6. The number of halogens is 3. The van der Waals surface area contributed by atoms with Crippen LogP contribution >= 0.6 is 0 Å². The van der Waals surface area contributed by atoms with Gasteiger partial charge in [-0.2, -0.15) is 5.10 Å². The van der Waals surface area contributed by atoms with Gasteiger partial charge in [-0.1, -0.05) is 18.2 Å². The maximum Gasteiger partial charge on any atom is 0.278 e. The number of aliphatic hydroxyl groups is 1. The van der Waals surface area contributed by atoms with Crippen molar-refractivity contribution in [3.63, 3.8) is 0 Å². The fourth-order valence-electron chi connectivity index (χ4n) is 3.16. The van der Waals surface area contributed by atoms with Crippen molar-refractivity contribution in [1.29, 1.82) is 0 Å². The molecule has 0 bridgehead atoms. The number of aryl methyl sites for hydroxylation is 2. The van der Waals surface area contributed by atoms with Crippen LogP contribution in [-0.4, -0.2) is 38.3 Å². The molecule has 0 aliphatic heterocycles. The number of benzene rings is 2. The Morgan fingerprint density at radius 3 is 2.45 bits per heavy atom. The fraction of sp³-hybridized carbons (Fsp3) is 0.348. The lowest BCUT2D eigenvalue weighted by molar-refractivity contribution is -0.0231. The van der Waals surface area contributed by atoms with Crippen LogP contribution in [-0.2, 0) is 12.6 Å². The van der Waals surface area contributed by atoms with E-state index in [1.807, 2.05) is 0 Å². The van der Waals surface area contributed by atoms with E-state index in [-0.39, 0.29) is 28.5 Å². The number of carbonyl (C=O) groups excluding carboxylic acids is 1. The van der Waals surface area contributed by atoms with Crippen LogP contribution in [0.1, 0.15) is 42.5 Å². The van der Waals surface area contributed by atoms with Gasteiger partial charge in [0, 0.05) is 19.7 Å². The molecule has 0 radical (unpaired) electrons. The Bertz CT molecular complexity index is 1180. The van der Waals surface area contributed by atoms with Gasteiger partial charge in [0.05, 0.1) is 11.1 Å². The smallest absolute Gasteiger partial charge is 0.278 e. The number of nitrogens with zero attached hydrogens (tertiary/aromatic N) is 3. The molecular formula is C23H25F3N4O3. The lowest BCUT2D eigenvalue weighted by Gasteiger charge is -2.17. The SMILES string of the molecule is Cc1ccccc1NC(=O)c1cc(F)c(-c2nc(C(C)(C)O)n(C)n2)cc1OCC(C)(F)F. The van der Waals surface area contributed by atoms with Crippen molar-refractivity contribution in [2.24, 2.45) is 7.05 Å². The number of rotatable bonds is 7. The van der Waals surface area contributed by atoms with Crippen molar-refractivity contribution >= 4 is 11.6 Å². The highest BCUT2D eigenvalue weighted by atomic mass is 19.3. The van der Waals surface area contributed by atoms with Crippen LogP contribution in [0.5, 0.6) is 5.75 Å². The molecule has 0 saturated carbocycles. The van der Waals surface area contributed by atoms with Crippen molar-refractivity contribution in [3.05, 3.63) is 59.2 Å². The van der Waals surface area contributed by atoms with Crippen LogP contribution in [0.25, 0.3) is 11.4 Å². The summed E-state index contributed by atoms with van der Waals surface area (Å²) in [4.78, 5) is 17.1. The molecule has 3 rings (SSSR count). The van der Waals surface area contributed by atoms with Crippen molar-refractivity contribution in [3.8, 4) is 17.1 Å². The van der Waals surface area contributed by atoms with Crippen molar-refractivity contribution in [2.75, 3.05) is 11.9 Å². The minimum Gasteiger partial charge on any atom is -0.486 e. The van der Waals surface area contributed by atoms with Crippen molar-refractivity contribution in [2.45, 2.75) is 39.2 Å². The van der Waals surface area contributed by atoms with E-state index in [2.05, 4.69) is 15.4 Å². The van der Waals surface area contributed by atoms with Gasteiger partial charge < -0.3 is 15.2 Å². The quantitative estimate of drug-likeness (QED) is 0.542. The molecule has 10 heteroatoms. The van der Waals surface area contributed by atoms with E-state index in [9.17, 15) is 18.7 Å². The van der Waals surface area contributed by atoms with E-state index in [1.54, 1.807) is 31.2 Å². The first kappa shape index (κ1) is 24.2. The van der Waals surface area contributed by atoms with Gasteiger partial charge in [0.1, 0.15) is 17.2 Å². The van der Waals surface area contributed by atoms with E-state index in [4.69, 9.17) is 4.74 Å². The molecule has 1 aromatic heterocycles. The van der Waals surface area contributed by atoms with Gasteiger partial charge in [-0.05, 0) is 44.5 Å². The Kier molecular flexibility index (Phi) is 6.51. The molecule has 176 valence electrons. The Hall–Kier alpha value is -3.40. The molecule has 1 amide bonds. The maximum absolute atomic E-state index is 15.1. The topological polar surface area (TPSA) is 89.3 Å². The number of hydrogen-bond acceptors (Lipinski definition) is 5. The summed E-state index contributed by atoms with van der Waals surface area (Å²) in [6.07, 6.45) is 0. The summed E-state index contributed by atoms with van der Waals surface area (Å²) < 4.78 is 48.5. The van der Waals surface area contributed by atoms with Crippen LogP contribution in [0.15, 0.2) is 36.4 Å². The van der Waals surface area contributed by atoms with Crippen LogP contribution in [0.2, 0.25) is 0 Å². The molecule has 0 spiro atoms. The Morgan fingerprint density at radius 2 is 1.88 bits per heavy atom. The first-order valence-electron chi connectivity index (χ1n) is 10.1. The highest BCUT2D eigenvalue weighted by Crippen LogP contribution is 2.32. The van der Waals surface area contributed by atoms with Crippen molar-refractivity contribution in [1.82, 2.24) is 14.8 Å². The first-order chi connectivity index (χ1) is 15.3. The van der Waals surface area contributed by atoms with Crippen LogP contribution in [0.3, 0.4) is 0 Å². The molecule has 7 nitrogen and oxygen atoms in total. The van der Waals surface area contributed by atoms with Gasteiger partial charge in [0.25, 0.3) is 11.8 Å². The third-order valence-electron chi connectivity index (χ3n) is 4.74. The van der Waals surface area contributed by atoms with Gasteiger partial charge in [-0.3, -0.25) is 4.79 Å². The average molecular weight is 462 g/mol. The summed E-state index contributed by atoms with van der Waals surface area (Å²) in [5, 5.41) is 17.0. The summed E-state index contributed by atoms with van der Waals surface area (Å²) in [7, 11) is 1.53. The number of alkyl halides is 2. The largest absolute Gasteiger partial charge is 0.486 e. The number of amides is 1. The average Bonchev–Trinajstić information content (AvgIpc) is 3.09. The highest BCUT2D eigenvalue weighted by Gasteiger charge is 2.28. The first-order valence-corrected chi connectivity index (χ1v) is 10.1. The van der Waals surface area contributed by atoms with E-state index in [0.717, 1.165) is 17.7 Å². The number of aromatic nitrogens is 3. The summed E-state index contributed by atoms with van der Waals surface area (Å²) >= 11 is 0. The second-order valence-corrected chi connectivity index (χ2v) is 8.40. The minimum absolute atomic E-state index is 0.0916. The van der Waals surface area contributed by atoms with Gasteiger partial charge in [0.2, 0.25) is 0 Å². The summed E-state index contributed by atoms with van der Waals surface area (Å²) in [6, 6.07) is 8.95.